The summed E-state index contributed by atoms with van der Waals surface area (Å²) in [6, 6.07) is 3.67. The van der Waals surface area contributed by atoms with Crippen LogP contribution in [0.4, 0.5) is 0 Å². The molecule has 0 radical (unpaired) electrons. The zero-order valence-electron chi connectivity index (χ0n) is 16.3. The molecule has 0 fully saturated rings. The van der Waals surface area contributed by atoms with E-state index in [1.165, 1.54) is 42.1 Å². The van der Waals surface area contributed by atoms with Crippen LogP contribution in [0.25, 0.3) is 10.2 Å². The van der Waals surface area contributed by atoms with Crippen molar-refractivity contribution in [2.75, 3.05) is 5.75 Å². The molecule has 2 rings (SSSR count). The van der Waals surface area contributed by atoms with Gasteiger partial charge in [-0.25, -0.2) is 18.9 Å². The number of sulfonamides is 1. The number of unbranched alkanes of at least 4 members (excludes halogenated alkanes) is 3. The average molecular weight is 446 g/mol. The van der Waals surface area contributed by atoms with Gasteiger partial charge in [0.05, 0.1) is 15.1 Å². The Balaban J connectivity index is 2.14. The number of aromatic nitrogens is 1. The molecule has 28 heavy (non-hydrogen) atoms. The zero-order chi connectivity index (χ0) is 20.7. The van der Waals surface area contributed by atoms with Crippen LogP contribution in [0.1, 0.15) is 46.5 Å². The Morgan fingerprint density at radius 2 is 2.04 bits per heavy atom. The average Bonchev–Trinajstić information content (AvgIpc) is 3.07. The van der Waals surface area contributed by atoms with Gasteiger partial charge in [0.1, 0.15) is 6.04 Å². The Hall–Kier alpha value is -1.20. The fourth-order valence-corrected chi connectivity index (χ4v) is 6.22. The molecule has 7 nitrogen and oxygen atoms in total. The van der Waals surface area contributed by atoms with E-state index < -0.39 is 22.0 Å². The molecule has 0 aliphatic rings. The van der Waals surface area contributed by atoms with Crippen molar-refractivity contribution in [3.8, 4) is 0 Å². The second-order valence-electron chi connectivity index (χ2n) is 6.84. The van der Waals surface area contributed by atoms with Gasteiger partial charge in [-0.15, -0.1) is 11.3 Å². The van der Waals surface area contributed by atoms with Crippen molar-refractivity contribution in [3.63, 3.8) is 0 Å². The number of nitrogens with zero attached hydrogens (tertiary/aromatic N) is 1. The largest absolute Gasteiger partial charge is 0.289 e. The summed E-state index contributed by atoms with van der Waals surface area (Å²) in [7, 11) is -3.92. The van der Waals surface area contributed by atoms with Crippen molar-refractivity contribution in [1.29, 1.82) is 0 Å². The Morgan fingerprint density at radius 1 is 1.29 bits per heavy atom. The minimum atomic E-state index is -3.92. The molecule has 1 amide bonds. The third-order valence-electron chi connectivity index (χ3n) is 4.22. The molecule has 3 N–H and O–H groups in total. The lowest BCUT2D eigenvalue weighted by atomic mass is 10.1. The van der Waals surface area contributed by atoms with E-state index in [0.717, 1.165) is 26.7 Å². The highest BCUT2D eigenvalue weighted by molar-refractivity contribution is 8.01. The quantitative estimate of drug-likeness (QED) is 0.210. The maximum atomic E-state index is 12.7. The predicted molar refractivity (Wildman–Crippen MR) is 113 cm³/mol. The molecule has 0 aliphatic carbocycles. The monoisotopic (exact) mass is 445 g/mol. The topological polar surface area (TPSA) is 108 Å². The molecule has 0 spiro atoms. The highest BCUT2D eigenvalue weighted by atomic mass is 32.2. The summed E-state index contributed by atoms with van der Waals surface area (Å²) >= 11 is 3.16. The summed E-state index contributed by atoms with van der Waals surface area (Å²) in [5.41, 5.74) is 2.27. The first-order chi connectivity index (χ1) is 13.3. The normalized spacial score (nSPS) is 13.2. The molecule has 10 heteroatoms. The summed E-state index contributed by atoms with van der Waals surface area (Å²) < 4.78 is 29.5. The van der Waals surface area contributed by atoms with E-state index in [1.807, 2.05) is 0 Å². The van der Waals surface area contributed by atoms with E-state index in [9.17, 15) is 13.2 Å². The first-order valence-electron chi connectivity index (χ1n) is 9.28. The van der Waals surface area contributed by atoms with E-state index in [1.54, 1.807) is 37.7 Å². The van der Waals surface area contributed by atoms with Crippen molar-refractivity contribution in [2.45, 2.75) is 61.7 Å². The molecule has 2 aromatic rings. The number of hydroxylamine groups is 1. The predicted octanol–water partition coefficient (Wildman–Crippen LogP) is 3.78. The van der Waals surface area contributed by atoms with Gasteiger partial charge in [0, 0.05) is 5.75 Å². The summed E-state index contributed by atoms with van der Waals surface area (Å²) in [5, 5.41) is 8.84. The van der Waals surface area contributed by atoms with Gasteiger partial charge in [0.15, 0.2) is 4.34 Å². The van der Waals surface area contributed by atoms with Gasteiger partial charge in [-0.05, 0) is 30.5 Å². The highest BCUT2D eigenvalue weighted by Crippen LogP contribution is 2.31. The van der Waals surface area contributed by atoms with Gasteiger partial charge in [-0.3, -0.25) is 10.0 Å². The standard InChI is InChI=1S/C18H27N3O4S3/c1-4-5-6-7-10-26-18-19-14-9-8-13(11-15(14)27-18)28(24,25)21-16(12(2)3)17(22)20-23/h8-9,11-12,16,21,23H,4-7,10H2,1-3H3,(H,20,22)/t16-/m1/s1. The fraction of sp³-hybridized carbons (Fsp3) is 0.556. The van der Waals surface area contributed by atoms with Crippen LogP contribution in [0, 0.1) is 5.92 Å². The van der Waals surface area contributed by atoms with Crippen molar-refractivity contribution < 1.29 is 18.4 Å². The van der Waals surface area contributed by atoms with Gasteiger partial charge in [-0.2, -0.15) is 4.72 Å². The van der Waals surface area contributed by atoms with Crippen LogP contribution in [0.2, 0.25) is 0 Å². The second-order valence-corrected chi connectivity index (χ2v) is 10.9. The number of carbonyl (C=O) groups excluding carboxylic acids is 1. The number of benzene rings is 1. The van der Waals surface area contributed by atoms with Crippen LogP contribution < -0.4 is 10.2 Å². The van der Waals surface area contributed by atoms with E-state index in [2.05, 4.69) is 16.6 Å². The minimum absolute atomic E-state index is 0.0690. The molecular weight excluding hydrogens is 418 g/mol. The number of hydrogen-bond donors (Lipinski definition) is 3. The lowest BCUT2D eigenvalue weighted by Gasteiger charge is -2.20. The molecule has 1 heterocycles. The third kappa shape index (κ3) is 6.15. The van der Waals surface area contributed by atoms with Gasteiger partial charge in [-0.1, -0.05) is 51.8 Å². The Bertz CT molecular complexity index is 897. The van der Waals surface area contributed by atoms with Gasteiger partial charge >= 0.3 is 0 Å². The van der Waals surface area contributed by atoms with Gasteiger partial charge in [0.25, 0.3) is 5.91 Å². The SMILES string of the molecule is CCCCCCSc1nc2ccc(S(=O)(=O)N[C@@H](C(=O)NO)C(C)C)cc2s1. The van der Waals surface area contributed by atoms with E-state index in [0.29, 0.717) is 0 Å². The Labute approximate surface area is 174 Å². The lowest BCUT2D eigenvalue weighted by Crippen LogP contribution is -2.48. The number of fused-ring (bicyclic) bond motifs is 1. The number of thioether (sulfide) groups is 1. The van der Waals surface area contributed by atoms with Crippen molar-refractivity contribution in [1.82, 2.24) is 15.2 Å². The van der Waals surface area contributed by atoms with Gasteiger partial charge < -0.3 is 0 Å². The number of thiazole rings is 1. The maximum Gasteiger partial charge on any atom is 0.261 e. The van der Waals surface area contributed by atoms with Crippen molar-refractivity contribution >= 4 is 49.2 Å². The van der Waals surface area contributed by atoms with Crippen LogP contribution >= 0.6 is 23.1 Å². The number of carbonyl (C=O) groups is 1. The van der Waals surface area contributed by atoms with Gasteiger partial charge in [0.2, 0.25) is 10.0 Å². The number of rotatable bonds is 11. The molecule has 0 saturated heterocycles. The molecule has 1 aromatic heterocycles. The molecule has 0 bridgehead atoms. The lowest BCUT2D eigenvalue weighted by molar-refractivity contribution is -0.131. The summed E-state index contributed by atoms with van der Waals surface area (Å²) in [6.45, 7) is 5.57. The van der Waals surface area contributed by atoms with E-state index in [-0.39, 0.29) is 10.8 Å². The first kappa shape index (κ1) is 23.1. The van der Waals surface area contributed by atoms with Crippen LogP contribution in [0.5, 0.6) is 0 Å². The Morgan fingerprint density at radius 3 is 2.68 bits per heavy atom. The molecule has 1 atom stereocenters. The molecule has 1 aromatic carbocycles. The van der Waals surface area contributed by atoms with Crippen molar-refractivity contribution in [3.05, 3.63) is 18.2 Å². The summed E-state index contributed by atoms with van der Waals surface area (Å²) in [6.07, 6.45) is 4.79. The molecule has 0 unspecified atom stereocenters. The molecular formula is C18H27N3O4S3. The van der Waals surface area contributed by atoms with Crippen LogP contribution in [0.3, 0.4) is 0 Å². The minimum Gasteiger partial charge on any atom is -0.289 e. The summed E-state index contributed by atoms with van der Waals surface area (Å²) in [5.74, 6) is -0.122. The number of amides is 1. The smallest absolute Gasteiger partial charge is 0.261 e. The maximum absolute atomic E-state index is 12.7. The zero-order valence-corrected chi connectivity index (χ0v) is 18.7. The number of hydrogen-bond acceptors (Lipinski definition) is 7. The first-order valence-corrected chi connectivity index (χ1v) is 12.6. The summed E-state index contributed by atoms with van der Waals surface area (Å²) in [4.78, 5) is 16.4. The second kappa shape index (κ2) is 10.5. The molecule has 0 saturated carbocycles. The van der Waals surface area contributed by atoms with Crippen LogP contribution in [-0.4, -0.2) is 36.3 Å². The Kier molecular flexibility index (Phi) is 8.69. The number of nitrogens with one attached hydrogen (secondary N) is 2. The van der Waals surface area contributed by atoms with E-state index in [4.69, 9.17) is 5.21 Å². The highest BCUT2D eigenvalue weighted by Gasteiger charge is 2.28. The van der Waals surface area contributed by atoms with E-state index >= 15 is 0 Å². The molecule has 0 aliphatic heterocycles. The van der Waals surface area contributed by atoms with Crippen LogP contribution in [0.15, 0.2) is 27.4 Å². The van der Waals surface area contributed by atoms with Crippen LogP contribution in [-0.2, 0) is 14.8 Å². The van der Waals surface area contributed by atoms with Crippen molar-refractivity contribution in [2.24, 2.45) is 5.92 Å². The molecule has 156 valence electrons. The third-order valence-corrected chi connectivity index (χ3v) is 7.90. The fourth-order valence-electron chi connectivity index (χ4n) is 2.60.